The SMILES string of the molecule is Clc1nccn2c(Cl)nnc12. The summed E-state index contributed by atoms with van der Waals surface area (Å²) in [6.07, 6.45) is 3.17. The van der Waals surface area contributed by atoms with Crippen molar-refractivity contribution in [1.29, 1.82) is 0 Å². The average molecular weight is 189 g/mol. The minimum absolute atomic E-state index is 0.282. The van der Waals surface area contributed by atoms with Crippen LogP contribution in [0.5, 0.6) is 0 Å². The molecule has 56 valence electrons. The van der Waals surface area contributed by atoms with E-state index in [-0.39, 0.29) is 5.28 Å². The van der Waals surface area contributed by atoms with Crippen LogP contribution in [-0.4, -0.2) is 19.6 Å². The standard InChI is InChI=1S/C5H2Cl2N4/c6-3-4-9-10-5(7)11(4)2-1-8-3/h1-2H. The monoisotopic (exact) mass is 188 g/mol. The predicted octanol–water partition coefficient (Wildman–Crippen LogP) is 1.43. The first-order chi connectivity index (χ1) is 5.29. The zero-order valence-electron chi connectivity index (χ0n) is 5.20. The van der Waals surface area contributed by atoms with Gasteiger partial charge < -0.3 is 0 Å². The molecule has 0 aliphatic rings. The summed E-state index contributed by atoms with van der Waals surface area (Å²) < 4.78 is 1.55. The fourth-order valence-electron chi connectivity index (χ4n) is 0.768. The molecule has 0 spiro atoms. The molecule has 2 heterocycles. The van der Waals surface area contributed by atoms with E-state index >= 15 is 0 Å². The summed E-state index contributed by atoms with van der Waals surface area (Å²) in [4.78, 5) is 3.80. The molecule has 0 fully saturated rings. The number of rotatable bonds is 0. The van der Waals surface area contributed by atoms with E-state index in [1.807, 2.05) is 0 Å². The molecule has 0 N–H and O–H groups in total. The van der Waals surface area contributed by atoms with Gasteiger partial charge in [-0.1, -0.05) is 11.6 Å². The van der Waals surface area contributed by atoms with Gasteiger partial charge in [-0.05, 0) is 11.6 Å². The number of fused-ring (bicyclic) bond motifs is 1. The molecule has 6 heteroatoms. The molecule has 2 aromatic heterocycles. The number of halogens is 2. The van der Waals surface area contributed by atoms with Crippen molar-refractivity contribution in [2.75, 3.05) is 0 Å². The second kappa shape index (κ2) is 2.32. The molecule has 0 aromatic carbocycles. The van der Waals surface area contributed by atoms with E-state index in [1.54, 1.807) is 10.6 Å². The van der Waals surface area contributed by atoms with Gasteiger partial charge in [0, 0.05) is 12.4 Å². The molecule has 0 amide bonds. The van der Waals surface area contributed by atoms with E-state index in [0.29, 0.717) is 10.8 Å². The number of aromatic nitrogens is 4. The summed E-state index contributed by atoms with van der Waals surface area (Å²) >= 11 is 11.3. The second-order valence-electron chi connectivity index (χ2n) is 1.88. The van der Waals surface area contributed by atoms with Crippen molar-refractivity contribution >= 4 is 28.8 Å². The molecule has 2 rings (SSSR count). The van der Waals surface area contributed by atoms with E-state index in [0.717, 1.165) is 0 Å². The van der Waals surface area contributed by atoms with E-state index in [9.17, 15) is 0 Å². The Morgan fingerprint density at radius 2 is 2.09 bits per heavy atom. The zero-order valence-corrected chi connectivity index (χ0v) is 6.71. The van der Waals surface area contributed by atoms with Crippen LogP contribution < -0.4 is 0 Å². The molecule has 0 aliphatic carbocycles. The van der Waals surface area contributed by atoms with Crippen LogP contribution in [0.15, 0.2) is 12.4 Å². The van der Waals surface area contributed by atoms with Crippen LogP contribution >= 0.6 is 23.2 Å². The van der Waals surface area contributed by atoms with E-state index in [1.165, 1.54) is 6.20 Å². The van der Waals surface area contributed by atoms with Gasteiger partial charge in [-0.2, -0.15) is 0 Å². The minimum atomic E-state index is 0.282. The quantitative estimate of drug-likeness (QED) is 0.629. The molecule has 0 aliphatic heterocycles. The van der Waals surface area contributed by atoms with Crippen molar-refractivity contribution in [2.45, 2.75) is 0 Å². The molecule has 0 saturated carbocycles. The predicted molar refractivity (Wildman–Crippen MR) is 40.8 cm³/mol. The van der Waals surface area contributed by atoms with Gasteiger partial charge in [0.15, 0.2) is 10.8 Å². The van der Waals surface area contributed by atoms with Gasteiger partial charge in [-0.15, -0.1) is 10.2 Å². The molecule has 0 unspecified atom stereocenters. The highest BCUT2D eigenvalue weighted by atomic mass is 35.5. The van der Waals surface area contributed by atoms with Gasteiger partial charge in [0.05, 0.1) is 0 Å². The van der Waals surface area contributed by atoms with Crippen molar-refractivity contribution in [3.63, 3.8) is 0 Å². The van der Waals surface area contributed by atoms with Crippen LogP contribution in [-0.2, 0) is 0 Å². The third kappa shape index (κ3) is 0.948. The Morgan fingerprint density at radius 1 is 1.27 bits per heavy atom. The van der Waals surface area contributed by atoms with Crippen molar-refractivity contribution in [1.82, 2.24) is 19.6 Å². The highest BCUT2D eigenvalue weighted by Crippen LogP contribution is 2.14. The number of hydrogen-bond acceptors (Lipinski definition) is 3. The molecule has 0 atom stereocenters. The Labute approximate surface area is 71.8 Å². The average Bonchev–Trinajstić information content (AvgIpc) is 2.35. The van der Waals surface area contributed by atoms with Crippen LogP contribution in [0.3, 0.4) is 0 Å². The third-order valence-electron chi connectivity index (χ3n) is 1.24. The van der Waals surface area contributed by atoms with Gasteiger partial charge in [-0.25, -0.2) is 4.98 Å². The largest absolute Gasteiger partial charge is 0.269 e. The zero-order chi connectivity index (χ0) is 7.84. The lowest BCUT2D eigenvalue weighted by molar-refractivity contribution is 1.10. The molecule has 11 heavy (non-hydrogen) atoms. The molecular weight excluding hydrogens is 187 g/mol. The lowest BCUT2D eigenvalue weighted by Crippen LogP contribution is -1.86. The lowest BCUT2D eigenvalue weighted by Gasteiger charge is -1.91. The molecule has 0 bridgehead atoms. The Balaban J connectivity index is 2.94. The summed E-state index contributed by atoms with van der Waals surface area (Å²) in [5.41, 5.74) is 0.471. The Bertz CT molecular complexity index is 396. The van der Waals surface area contributed by atoms with Gasteiger partial charge in [0.2, 0.25) is 5.28 Å². The van der Waals surface area contributed by atoms with E-state index in [4.69, 9.17) is 23.2 Å². The first kappa shape index (κ1) is 6.82. The van der Waals surface area contributed by atoms with Crippen molar-refractivity contribution < 1.29 is 0 Å². The van der Waals surface area contributed by atoms with E-state index in [2.05, 4.69) is 15.2 Å². The summed E-state index contributed by atoms with van der Waals surface area (Å²) in [6.45, 7) is 0. The normalized spacial score (nSPS) is 10.7. The Hall–Kier alpha value is -0.870. The number of nitrogens with zero attached hydrogens (tertiary/aromatic N) is 4. The van der Waals surface area contributed by atoms with Gasteiger partial charge in [0.25, 0.3) is 0 Å². The van der Waals surface area contributed by atoms with Gasteiger partial charge in [-0.3, -0.25) is 4.40 Å². The maximum Gasteiger partial charge on any atom is 0.229 e. The fourth-order valence-corrected chi connectivity index (χ4v) is 1.13. The molecule has 0 saturated heterocycles. The van der Waals surface area contributed by atoms with Crippen molar-refractivity contribution in [3.8, 4) is 0 Å². The molecule has 0 radical (unpaired) electrons. The minimum Gasteiger partial charge on any atom is -0.269 e. The highest BCUT2D eigenvalue weighted by Gasteiger charge is 2.04. The first-order valence-corrected chi connectivity index (χ1v) is 3.55. The maximum absolute atomic E-state index is 5.68. The van der Waals surface area contributed by atoms with Crippen LogP contribution in [0.1, 0.15) is 0 Å². The van der Waals surface area contributed by atoms with Crippen molar-refractivity contribution in [3.05, 3.63) is 22.8 Å². The lowest BCUT2D eigenvalue weighted by atomic mass is 10.7. The smallest absolute Gasteiger partial charge is 0.229 e. The van der Waals surface area contributed by atoms with E-state index < -0.39 is 0 Å². The summed E-state index contributed by atoms with van der Waals surface area (Å²) in [6, 6.07) is 0. The summed E-state index contributed by atoms with van der Waals surface area (Å²) in [5, 5.41) is 7.89. The topological polar surface area (TPSA) is 43.1 Å². The fraction of sp³-hybridized carbons (Fsp3) is 0. The first-order valence-electron chi connectivity index (χ1n) is 2.80. The van der Waals surface area contributed by atoms with Crippen LogP contribution in [0.25, 0.3) is 5.65 Å². The number of hydrogen-bond donors (Lipinski definition) is 0. The van der Waals surface area contributed by atoms with Gasteiger partial charge in [0.1, 0.15) is 0 Å². The second-order valence-corrected chi connectivity index (χ2v) is 2.58. The van der Waals surface area contributed by atoms with Crippen LogP contribution in [0, 0.1) is 0 Å². The third-order valence-corrected chi connectivity index (χ3v) is 1.77. The maximum atomic E-state index is 5.68. The summed E-state index contributed by atoms with van der Waals surface area (Å²) in [5.74, 6) is 0. The Kier molecular flexibility index (Phi) is 1.44. The van der Waals surface area contributed by atoms with Crippen molar-refractivity contribution in [2.24, 2.45) is 0 Å². The van der Waals surface area contributed by atoms with Crippen LogP contribution in [0.2, 0.25) is 10.4 Å². The van der Waals surface area contributed by atoms with Crippen LogP contribution in [0.4, 0.5) is 0 Å². The Morgan fingerprint density at radius 3 is 2.82 bits per heavy atom. The molecule has 2 aromatic rings. The molecule has 4 nitrogen and oxygen atoms in total. The van der Waals surface area contributed by atoms with Gasteiger partial charge >= 0.3 is 0 Å². The molecular formula is C5H2Cl2N4. The highest BCUT2D eigenvalue weighted by molar-refractivity contribution is 6.32. The summed E-state index contributed by atoms with van der Waals surface area (Å²) in [7, 11) is 0.